The summed E-state index contributed by atoms with van der Waals surface area (Å²) in [6.07, 6.45) is -5.06. The van der Waals surface area contributed by atoms with Gasteiger partial charge >= 0.3 is 5.97 Å². The zero-order valence-corrected chi connectivity index (χ0v) is 13.8. The van der Waals surface area contributed by atoms with Crippen LogP contribution >= 0.6 is 0 Å². The first-order chi connectivity index (χ1) is 12.5. The van der Waals surface area contributed by atoms with Crippen LogP contribution in [0.15, 0.2) is 18.3 Å². The highest BCUT2D eigenvalue weighted by molar-refractivity contribution is 5.96. The predicted octanol–water partition coefficient (Wildman–Crippen LogP) is -1.46. The number of carbonyl (C=O) groups excluding carboxylic acids is 1. The van der Waals surface area contributed by atoms with Gasteiger partial charge in [-0.15, -0.1) is 0 Å². The van der Waals surface area contributed by atoms with Gasteiger partial charge in [0.1, 0.15) is 30.5 Å². The number of hydrogen-bond donors (Lipinski definition) is 5. The summed E-state index contributed by atoms with van der Waals surface area (Å²) in [5.74, 6) is 4.91. The van der Waals surface area contributed by atoms with E-state index in [0.29, 0.717) is 16.5 Å². The van der Waals surface area contributed by atoms with Gasteiger partial charge in [0.15, 0.2) is 0 Å². The summed E-state index contributed by atoms with van der Waals surface area (Å²) < 4.78 is 10.1. The number of fused-ring (bicyclic) bond motifs is 1. The molecule has 2 aromatic rings. The van der Waals surface area contributed by atoms with Crippen LogP contribution in [-0.2, 0) is 9.47 Å². The smallest absolute Gasteiger partial charge is 0.337 e. The Morgan fingerprint density at radius 3 is 2.77 bits per heavy atom. The lowest BCUT2D eigenvalue weighted by molar-refractivity contribution is -0.214. The van der Waals surface area contributed by atoms with Gasteiger partial charge in [0.2, 0.25) is 0 Å². The Kier molecular flexibility index (Phi) is 5.22. The van der Waals surface area contributed by atoms with Crippen LogP contribution in [0.5, 0.6) is 0 Å². The van der Waals surface area contributed by atoms with E-state index in [2.05, 4.69) is 22.0 Å². The molecule has 138 valence electrons. The van der Waals surface area contributed by atoms with Crippen molar-refractivity contribution in [2.45, 2.75) is 30.5 Å². The summed E-state index contributed by atoms with van der Waals surface area (Å²) in [5.41, 5.74) is 1.27. The molecule has 0 radical (unpaired) electrons. The van der Waals surface area contributed by atoms with E-state index >= 15 is 0 Å². The minimum Gasteiger partial charge on any atom is -0.465 e. The number of ether oxygens (including phenoxy) is 2. The minimum absolute atomic E-state index is 0.277. The molecule has 0 saturated carbocycles. The van der Waals surface area contributed by atoms with Crippen LogP contribution in [0.3, 0.4) is 0 Å². The van der Waals surface area contributed by atoms with Crippen molar-refractivity contribution in [3.8, 4) is 11.8 Å². The Bertz CT molecular complexity index is 867. The van der Waals surface area contributed by atoms with Crippen molar-refractivity contribution in [2.75, 3.05) is 13.7 Å². The molecule has 0 spiro atoms. The quantitative estimate of drug-likeness (QED) is 0.322. The van der Waals surface area contributed by atoms with E-state index in [1.165, 1.54) is 19.4 Å². The average molecular weight is 362 g/mol. The highest BCUT2D eigenvalue weighted by Crippen LogP contribution is 2.22. The van der Waals surface area contributed by atoms with Gasteiger partial charge in [0.05, 0.1) is 36.6 Å². The monoisotopic (exact) mass is 362 g/mol. The molecular weight excluding hydrogens is 344 g/mol. The standard InChI is InChI=1S/C17H18N2O7/c1-25-17(24)9-4-8(13-10(5-9)6-18-19-13)2-3-11-14(21)16(23)15(22)12(7-20)26-11/h4-6,11-12,14-16,20-23H,7H2,1H3,(H,18,19)/t11-,12-,14-,15-,16-/m1/s1. The highest BCUT2D eigenvalue weighted by atomic mass is 16.5. The molecular formula is C17H18N2O7. The third kappa shape index (κ3) is 3.29. The van der Waals surface area contributed by atoms with Gasteiger partial charge in [0.25, 0.3) is 0 Å². The van der Waals surface area contributed by atoms with Gasteiger partial charge in [-0.2, -0.15) is 5.10 Å². The fourth-order valence-electron chi connectivity index (χ4n) is 2.76. The summed E-state index contributed by atoms with van der Waals surface area (Å²) in [7, 11) is 1.27. The first-order valence-corrected chi connectivity index (χ1v) is 7.83. The van der Waals surface area contributed by atoms with E-state index in [-0.39, 0.29) is 5.56 Å². The summed E-state index contributed by atoms with van der Waals surface area (Å²) >= 11 is 0. The van der Waals surface area contributed by atoms with Crippen LogP contribution in [-0.4, -0.2) is 80.8 Å². The second-order valence-corrected chi connectivity index (χ2v) is 5.87. The number of carbonyl (C=O) groups is 1. The maximum atomic E-state index is 11.8. The number of aromatic nitrogens is 2. The molecule has 1 saturated heterocycles. The van der Waals surface area contributed by atoms with E-state index in [1.54, 1.807) is 6.07 Å². The Morgan fingerprint density at radius 2 is 2.08 bits per heavy atom. The number of rotatable bonds is 2. The van der Waals surface area contributed by atoms with Crippen molar-refractivity contribution >= 4 is 16.9 Å². The second-order valence-electron chi connectivity index (χ2n) is 5.87. The lowest BCUT2D eigenvalue weighted by atomic mass is 9.95. The number of H-pyrrole nitrogens is 1. The molecule has 3 rings (SSSR count). The van der Waals surface area contributed by atoms with Crippen molar-refractivity contribution < 1.29 is 34.7 Å². The van der Waals surface area contributed by atoms with Crippen molar-refractivity contribution in [1.82, 2.24) is 10.2 Å². The molecule has 26 heavy (non-hydrogen) atoms. The number of aliphatic hydroxyl groups is 4. The van der Waals surface area contributed by atoms with Crippen LogP contribution in [0.2, 0.25) is 0 Å². The number of benzene rings is 1. The van der Waals surface area contributed by atoms with Gasteiger partial charge in [-0.1, -0.05) is 11.8 Å². The number of esters is 1. The normalized spacial score (nSPS) is 28.4. The van der Waals surface area contributed by atoms with Crippen molar-refractivity contribution in [1.29, 1.82) is 0 Å². The molecule has 5 N–H and O–H groups in total. The van der Waals surface area contributed by atoms with Crippen molar-refractivity contribution in [3.05, 3.63) is 29.5 Å². The lowest BCUT2D eigenvalue weighted by Crippen LogP contribution is -2.58. The van der Waals surface area contributed by atoms with Gasteiger partial charge in [0, 0.05) is 5.39 Å². The van der Waals surface area contributed by atoms with Crippen LogP contribution in [0, 0.1) is 11.8 Å². The zero-order valence-electron chi connectivity index (χ0n) is 13.8. The Balaban J connectivity index is 1.96. The molecule has 9 nitrogen and oxygen atoms in total. The summed E-state index contributed by atoms with van der Waals surface area (Å²) in [5, 5.41) is 46.2. The largest absolute Gasteiger partial charge is 0.465 e. The maximum absolute atomic E-state index is 11.8. The SMILES string of the molecule is COC(=O)c1cc(C#C[C@H]2O[C@H](CO)[C@@H](O)[C@H](O)[C@@H]2O)c2[nH]ncc2c1. The van der Waals surface area contributed by atoms with Crippen LogP contribution in [0.25, 0.3) is 10.9 Å². The minimum atomic E-state index is -1.51. The van der Waals surface area contributed by atoms with Crippen LogP contribution in [0.1, 0.15) is 15.9 Å². The van der Waals surface area contributed by atoms with Gasteiger partial charge in [-0.05, 0) is 12.1 Å². The summed E-state index contributed by atoms with van der Waals surface area (Å²) in [6.45, 7) is -0.536. The van der Waals surface area contributed by atoms with Crippen LogP contribution in [0.4, 0.5) is 0 Å². The fourth-order valence-corrected chi connectivity index (χ4v) is 2.76. The van der Waals surface area contributed by atoms with Gasteiger partial charge in [-0.3, -0.25) is 5.10 Å². The van der Waals surface area contributed by atoms with E-state index in [0.717, 1.165) is 0 Å². The van der Waals surface area contributed by atoms with Crippen molar-refractivity contribution in [3.63, 3.8) is 0 Å². The Morgan fingerprint density at radius 1 is 1.31 bits per heavy atom. The number of hydrogen-bond acceptors (Lipinski definition) is 8. The fraction of sp³-hybridized carbons (Fsp3) is 0.412. The van der Waals surface area contributed by atoms with Crippen LogP contribution < -0.4 is 0 Å². The average Bonchev–Trinajstić information content (AvgIpc) is 3.13. The maximum Gasteiger partial charge on any atom is 0.337 e. The van der Waals surface area contributed by atoms with E-state index in [4.69, 9.17) is 9.47 Å². The Hall–Kier alpha value is -2.48. The third-order valence-electron chi connectivity index (χ3n) is 4.21. The predicted molar refractivity (Wildman–Crippen MR) is 88.1 cm³/mol. The molecule has 5 atom stereocenters. The Labute approximate surface area is 148 Å². The second kappa shape index (κ2) is 7.41. The third-order valence-corrected chi connectivity index (χ3v) is 4.21. The molecule has 0 aliphatic carbocycles. The first kappa shape index (κ1) is 18.3. The first-order valence-electron chi connectivity index (χ1n) is 7.83. The summed E-state index contributed by atoms with van der Waals surface area (Å²) in [6, 6.07) is 3.10. The summed E-state index contributed by atoms with van der Waals surface area (Å²) in [4.78, 5) is 11.8. The lowest BCUT2D eigenvalue weighted by Gasteiger charge is -2.37. The number of aromatic amines is 1. The molecule has 1 fully saturated rings. The van der Waals surface area contributed by atoms with Crippen molar-refractivity contribution in [2.24, 2.45) is 0 Å². The number of methoxy groups -OCH3 is 1. The van der Waals surface area contributed by atoms with Gasteiger partial charge in [-0.25, -0.2) is 4.79 Å². The van der Waals surface area contributed by atoms with E-state index in [1.807, 2.05) is 0 Å². The molecule has 0 unspecified atom stereocenters. The molecule has 1 aromatic carbocycles. The molecule has 0 bridgehead atoms. The molecule has 1 aromatic heterocycles. The number of nitrogens with one attached hydrogen (secondary N) is 1. The highest BCUT2D eigenvalue weighted by Gasteiger charge is 2.42. The topological polar surface area (TPSA) is 145 Å². The number of nitrogens with zero attached hydrogens (tertiary/aromatic N) is 1. The molecule has 2 heterocycles. The van der Waals surface area contributed by atoms with Gasteiger partial charge < -0.3 is 29.9 Å². The molecule has 1 aliphatic heterocycles. The zero-order chi connectivity index (χ0) is 18.8. The van der Waals surface area contributed by atoms with E-state index < -0.39 is 43.1 Å². The molecule has 9 heteroatoms. The van der Waals surface area contributed by atoms with E-state index in [9.17, 15) is 25.2 Å². The number of aliphatic hydroxyl groups excluding tert-OH is 4. The molecule has 1 aliphatic rings. The molecule has 0 amide bonds.